The van der Waals surface area contributed by atoms with Gasteiger partial charge in [-0.05, 0) is 61.4 Å². The van der Waals surface area contributed by atoms with Gasteiger partial charge >= 0.3 is 6.03 Å². The number of urea groups is 1. The maximum Gasteiger partial charge on any atom is 0.319 e. The second kappa shape index (κ2) is 8.73. The van der Waals surface area contributed by atoms with Crippen molar-refractivity contribution in [3.8, 4) is 5.75 Å². The van der Waals surface area contributed by atoms with Crippen LogP contribution >= 0.6 is 0 Å². The van der Waals surface area contributed by atoms with E-state index in [1.165, 1.54) is 6.92 Å². The lowest BCUT2D eigenvalue weighted by atomic mass is 10.1. The SMILES string of the molecule is CC(=O)Nc1ccc(NC(=O)NCCOc2cc(C)cc(C)c2)cc1. The van der Waals surface area contributed by atoms with Crippen molar-refractivity contribution in [2.45, 2.75) is 20.8 Å². The Bertz CT molecular complexity index is 722. The Morgan fingerprint density at radius 1 is 0.920 bits per heavy atom. The molecule has 6 heteroatoms. The number of ether oxygens (including phenoxy) is 1. The highest BCUT2D eigenvalue weighted by Crippen LogP contribution is 2.16. The molecule has 2 aromatic carbocycles. The van der Waals surface area contributed by atoms with Gasteiger partial charge in [0.1, 0.15) is 12.4 Å². The average Bonchev–Trinajstić information content (AvgIpc) is 2.52. The first kappa shape index (κ1) is 18.3. The highest BCUT2D eigenvalue weighted by atomic mass is 16.5. The first-order chi connectivity index (χ1) is 11.9. The fourth-order valence-corrected chi connectivity index (χ4v) is 2.37. The van der Waals surface area contributed by atoms with Gasteiger partial charge in [-0.1, -0.05) is 6.07 Å². The lowest BCUT2D eigenvalue weighted by molar-refractivity contribution is -0.114. The van der Waals surface area contributed by atoms with Gasteiger partial charge in [-0.15, -0.1) is 0 Å². The molecule has 0 saturated heterocycles. The number of hydrogen-bond donors (Lipinski definition) is 3. The molecular weight excluding hydrogens is 318 g/mol. The molecule has 3 N–H and O–H groups in total. The molecule has 0 atom stereocenters. The molecule has 25 heavy (non-hydrogen) atoms. The van der Waals surface area contributed by atoms with Gasteiger partial charge in [0, 0.05) is 18.3 Å². The minimum atomic E-state index is -0.309. The van der Waals surface area contributed by atoms with Crippen LogP contribution in [0.15, 0.2) is 42.5 Å². The highest BCUT2D eigenvalue weighted by molar-refractivity contribution is 5.91. The van der Waals surface area contributed by atoms with E-state index >= 15 is 0 Å². The summed E-state index contributed by atoms with van der Waals surface area (Å²) in [5.41, 5.74) is 3.61. The van der Waals surface area contributed by atoms with E-state index in [0.717, 1.165) is 16.9 Å². The van der Waals surface area contributed by atoms with Crippen LogP contribution in [-0.2, 0) is 4.79 Å². The van der Waals surface area contributed by atoms with Gasteiger partial charge in [0.05, 0.1) is 6.54 Å². The maximum atomic E-state index is 11.8. The van der Waals surface area contributed by atoms with Crippen LogP contribution in [-0.4, -0.2) is 25.1 Å². The molecule has 0 saturated carbocycles. The van der Waals surface area contributed by atoms with Gasteiger partial charge < -0.3 is 20.7 Å². The van der Waals surface area contributed by atoms with E-state index in [0.29, 0.717) is 24.5 Å². The monoisotopic (exact) mass is 341 g/mol. The Labute approximate surface area is 147 Å². The topological polar surface area (TPSA) is 79.5 Å². The van der Waals surface area contributed by atoms with Crippen LogP contribution in [0.2, 0.25) is 0 Å². The zero-order chi connectivity index (χ0) is 18.2. The van der Waals surface area contributed by atoms with Crippen LogP contribution in [0, 0.1) is 13.8 Å². The molecule has 0 aliphatic carbocycles. The van der Waals surface area contributed by atoms with E-state index in [-0.39, 0.29) is 11.9 Å². The lowest BCUT2D eigenvalue weighted by Crippen LogP contribution is -2.32. The average molecular weight is 341 g/mol. The number of benzene rings is 2. The van der Waals surface area contributed by atoms with Crippen LogP contribution < -0.4 is 20.7 Å². The summed E-state index contributed by atoms with van der Waals surface area (Å²) in [7, 11) is 0. The molecular formula is C19H23N3O3. The largest absolute Gasteiger partial charge is 0.492 e. The maximum absolute atomic E-state index is 11.8. The van der Waals surface area contributed by atoms with Crippen molar-refractivity contribution in [3.63, 3.8) is 0 Å². The number of amides is 3. The van der Waals surface area contributed by atoms with Crippen LogP contribution in [0.25, 0.3) is 0 Å². The number of hydrogen-bond acceptors (Lipinski definition) is 3. The van der Waals surface area contributed by atoms with Crippen molar-refractivity contribution >= 4 is 23.3 Å². The second-order valence-electron chi connectivity index (χ2n) is 5.81. The van der Waals surface area contributed by atoms with Crippen molar-refractivity contribution < 1.29 is 14.3 Å². The standard InChI is InChI=1S/C19H23N3O3/c1-13-10-14(2)12-18(11-13)25-9-8-20-19(24)22-17-6-4-16(5-7-17)21-15(3)23/h4-7,10-12H,8-9H2,1-3H3,(H,21,23)(H2,20,22,24). The predicted molar refractivity (Wildman–Crippen MR) is 99.2 cm³/mol. The Morgan fingerprint density at radius 3 is 2.04 bits per heavy atom. The Hall–Kier alpha value is -3.02. The Morgan fingerprint density at radius 2 is 1.48 bits per heavy atom. The van der Waals surface area contributed by atoms with E-state index in [4.69, 9.17) is 4.74 Å². The molecule has 0 fully saturated rings. The molecule has 2 rings (SSSR count). The van der Waals surface area contributed by atoms with Crippen LogP contribution in [0.1, 0.15) is 18.1 Å². The summed E-state index contributed by atoms with van der Waals surface area (Å²) in [4.78, 5) is 22.8. The van der Waals surface area contributed by atoms with Crippen molar-refractivity contribution in [2.24, 2.45) is 0 Å². The number of carbonyl (C=O) groups excluding carboxylic acids is 2. The second-order valence-corrected chi connectivity index (χ2v) is 5.81. The number of anilines is 2. The summed E-state index contributed by atoms with van der Waals surface area (Å²) in [6, 6.07) is 12.6. The minimum Gasteiger partial charge on any atom is -0.492 e. The summed E-state index contributed by atoms with van der Waals surface area (Å²) in [6.07, 6.45) is 0. The molecule has 0 heterocycles. The summed E-state index contributed by atoms with van der Waals surface area (Å²) >= 11 is 0. The summed E-state index contributed by atoms with van der Waals surface area (Å²) in [5, 5.41) is 8.12. The quantitative estimate of drug-likeness (QED) is 0.704. The smallest absolute Gasteiger partial charge is 0.319 e. The normalized spacial score (nSPS) is 10.0. The van der Waals surface area contributed by atoms with Crippen molar-refractivity contribution in [1.82, 2.24) is 5.32 Å². The number of nitrogens with one attached hydrogen (secondary N) is 3. The van der Waals surface area contributed by atoms with Crippen LogP contribution in [0.4, 0.5) is 16.2 Å². The summed E-state index contributed by atoms with van der Waals surface area (Å²) < 4.78 is 5.64. The summed E-state index contributed by atoms with van der Waals surface area (Å²) in [5.74, 6) is 0.663. The first-order valence-corrected chi connectivity index (χ1v) is 8.06. The third-order valence-electron chi connectivity index (χ3n) is 3.31. The fourth-order valence-electron chi connectivity index (χ4n) is 2.37. The molecule has 0 spiro atoms. The van der Waals surface area contributed by atoms with Gasteiger partial charge in [0.15, 0.2) is 0 Å². The Balaban J connectivity index is 1.72. The number of carbonyl (C=O) groups is 2. The van der Waals surface area contributed by atoms with E-state index in [2.05, 4.69) is 22.0 Å². The van der Waals surface area contributed by atoms with E-state index in [1.54, 1.807) is 24.3 Å². The van der Waals surface area contributed by atoms with E-state index in [1.807, 2.05) is 26.0 Å². The molecule has 132 valence electrons. The molecule has 2 aromatic rings. The van der Waals surface area contributed by atoms with Gasteiger partial charge in [-0.2, -0.15) is 0 Å². The number of aryl methyl sites for hydroxylation is 2. The lowest BCUT2D eigenvalue weighted by Gasteiger charge is -2.10. The zero-order valence-electron chi connectivity index (χ0n) is 14.7. The van der Waals surface area contributed by atoms with Gasteiger partial charge in [-0.25, -0.2) is 4.79 Å². The van der Waals surface area contributed by atoms with E-state index in [9.17, 15) is 9.59 Å². The van der Waals surface area contributed by atoms with Crippen LogP contribution in [0.3, 0.4) is 0 Å². The molecule has 3 amide bonds. The molecule has 0 aliphatic heterocycles. The molecule has 6 nitrogen and oxygen atoms in total. The Kier molecular flexibility index (Phi) is 6.39. The van der Waals surface area contributed by atoms with E-state index < -0.39 is 0 Å². The zero-order valence-corrected chi connectivity index (χ0v) is 14.7. The van der Waals surface area contributed by atoms with Gasteiger partial charge in [0.25, 0.3) is 0 Å². The van der Waals surface area contributed by atoms with Gasteiger partial charge in [-0.3, -0.25) is 4.79 Å². The molecule has 0 bridgehead atoms. The van der Waals surface area contributed by atoms with Crippen molar-refractivity contribution in [3.05, 3.63) is 53.6 Å². The van der Waals surface area contributed by atoms with Gasteiger partial charge in [0.2, 0.25) is 5.91 Å². The molecule has 0 aromatic heterocycles. The third-order valence-corrected chi connectivity index (χ3v) is 3.31. The summed E-state index contributed by atoms with van der Waals surface area (Å²) in [6.45, 7) is 6.26. The minimum absolute atomic E-state index is 0.137. The fraction of sp³-hybridized carbons (Fsp3) is 0.263. The molecule has 0 radical (unpaired) electrons. The number of rotatable bonds is 6. The van der Waals surface area contributed by atoms with Crippen LogP contribution in [0.5, 0.6) is 5.75 Å². The van der Waals surface area contributed by atoms with Crippen molar-refractivity contribution in [1.29, 1.82) is 0 Å². The predicted octanol–water partition coefficient (Wildman–Crippen LogP) is 3.46. The first-order valence-electron chi connectivity index (χ1n) is 8.06. The van der Waals surface area contributed by atoms with Crippen molar-refractivity contribution in [2.75, 3.05) is 23.8 Å². The molecule has 0 unspecified atom stereocenters. The molecule has 0 aliphatic rings. The third kappa shape index (κ3) is 6.55. The highest BCUT2D eigenvalue weighted by Gasteiger charge is 2.03.